The molecule has 1 aromatic carbocycles. The summed E-state index contributed by atoms with van der Waals surface area (Å²) in [5.41, 5.74) is 2.23. The van der Waals surface area contributed by atoms with Gasteiger partial charge in [0.2, 0.25) is 5.91 Å². The van der Waals surface area contributed by atoms with Crippen LogP contribution < -0.4 is 5.32 Å². The average Bonchev–Trinajstić information content (AvgIpc) is 3.26. The van der Waals surface area contributed by atoms with Crippen LogP contribution in [0.4, 0.5) is 0 Å². The Morgan fingerprint density at radius 2 is 1.93 bits per heavy atom. The average molecular weight is 404 g/mol. The van der Waals surface area contributed by atoms with E-state index in [1.807, 2.05) is 30.1 Å². The molecule has 7 heteroatoms. The van der Waals surface area contributed by atoms with E-state index >= 15 is 0 Å². The molecule has 0 radical (unpaired) electrons. The van der Waals surface area contributed by atoms with Gasteiger partial charge < -0.3 is 19.5 Å². The lowest BCUT2D eigenvalue weighted by Gasteiger charge is -2.40. The van der Waals surface area contributed by atoms with Crippen molar-refractivity contribution in [2.24, 2.45) is 0 Å². The lowest BCUT2D eigenvalue weighted by Crippen LogP contribution is -2.57. The number of likely N-dealkylation sites (tertiary alicyclic amines) is 1. The molecule has 2 aromatic rings. The number of hydrogen-bond donors (Lipinski definition) is 1. The van der Waals surface area contributed by atoms with Gasteiger partial charge in [0.1, 0.15) is 6.04 Å². The zero-order valence-electron chi connectivity index (χ0n) is 16.0. The van der Waals surface area contributed by atoms with E-state index in [1.165, 1.54) is 6.26 Å². The zero-order chi connectivity index (χ0) is 18.8. The summed E-state index contributed by atoms with van der Waals surface area (Å²) in [5, 5.41) is 3.27. The van der Waals surface area contributed by atoms with Gasteiger partial charge in [-0.05, 0) is 43.1 Å². The molecule has 2 atom stereocenters. The number of likely N-dealkylation sites (N-methyl/N-ethyl adjacent to an activating group) is 1. The van der Waals surface area contributed by atoms with Gasteiger partial charge in [-0.15, -0.1) is 12.4 Å². The van der Waals surface area contributed by atoms with Crippen LogP contribution in [-0.4, -0.2) is 53.8 Å². The number of amides is 2. The van der Waals surface area contributed by atoms with Crippen LogP contribution in [0.2, 0.25) is 0 Å². The molecule has 2 amide bonds. The zero-order valence-corrected chi connectivity index (χ0v) is 16.8. The standard InChI is InChI=1S/C21H25N3O3.ClH/c1-22-17-8-4-10-23(14-17)20(25)18-12-15-6-2-3-7-16(15)13-24(18)21(26)19-9-5-11-27-19;/h2-3,5-7,9,11,17-18,22H,4,8,10,12-14H2,1H3;1H. The predicted molar refractivity (Wildman–Crippen MR) is 108 cm³/mol. The third kappa shape index (κ3) is 3.93. The number of hydrogen-bond acceptors (Lipinski definition) is 4. The van der Waals surface area contributed by atoms with Crippen LogP contribution in [0.25, 0.3) is 0 Å². The second-order valence-corrected chi connectivity index (χ2v) is 7.31. The molecule has 2 aliphatic rings. The van der Waals surface area contributed by atoms with E-state index < -0.39 is 6.04 Å². The van der Waals surface area contributed by atoms with Gasteiger partial charge in [-0.2, -0.15) is 0 Å². The smallest absolute Gasteiger partial charge is 0.290 e. The van der Waals surface area contributed by atoms with E-state index in [2.05, 4.69) is 11.4 Å². The van der Waals surface area contributed by atoms with Crippen LogP contribution >= 0.6 is 12.4 Å². The molecule has 0 spiro atoms. The van der Waals surface area contributed by atoms with Crippen molar-refractivity contribution in [1.82, 2.24) is 15.1 Å². The first-order valence-electron chi connectivity index (χ1n) is 9.54. The van der Waals surface area contributed by atoms with E-state index in [4.69, 9.17) is 4.42 Å². The number of nitrogens with one attached hydrogen (secondary N) is 1. The molecule has 4 rings (SSSR count). The van der Waals surface area contributed by atoms with Crippen molar-refractivity contribution in [3.8, 4) is 0 Å². The van der Waals surface area contributed by atoms with Crippen LogP contribution in [0.15, 0.2) is 47.1 Å². The van der Waals surface area contributed by atoms with Crippen LogP contribution in [0, 0.1) is 0 Å². The summed E-state index contributed by atoms with van der Waals surface area (Å²) in [4.78, 5) is 30.0. The van der Waals surface area contributed by atoms with Gasteiger partial charge in [0.25, 0.3) is 5.91 Å². The van der Waals surface area contributed by atoms with E-state index in [9.17, 15) is 9.59 Å². The maximum absolute atomic E-state index is 13.4. The lowest BCUT2D eigenvalue weighted by molar-refractivity contribution is -0.138. The van der Waals surface area contributed by atoms with E-state index in [0.717, 1.165) is 30.5 Å². The molecular formula is C21H26ClN3O3. The summed E-state index contributed by atoms with van der Waals surface area (Å²) >= 11 is 0. The Morgan fingerprint density at radius 1 is 1.14 bits per heavy atom. The summed E-state index contributed by atoms with van der Waals surface area (Å²) in [6.07, 6.45) is 4.09. The molecule has 0 aliphatic carbocycles. The monoisotopic (exact) mass is 403 g/mol. The van der Waals surface area contributed by atoms with Gasteiger partial charge in [0.15, 0.2) is 5.76 Å². The molecule has 1 aromatic heterocycles. The van der Waals surface area contributed by atoms with Gasteiger partial charge in [-0.3, -0.25) is 9.59 Å². The van der Waals surface area contributed by atoms with Crippen molar-refractivity contribution >= 4 is 24.2 Å². The number of halogens is 1. The fraction of sp³-hybridized carbons (Fsp3) is 0.429. The van der Waals surface area contributed by atoms with Crippen molar-refractivity contribution in [2.45, 2.75) is 37.9 Å². The fourth-order valence-corrected chi connectivity index (χ4v) is 4.12. The number of benzene rings is 1. The second kappa shape index (κ2) is 8.80. The summed E-state index contributed by atoms with van der Waals surface area (Å²) in [7, 11) is 1.93. The van der Waals surface area contributed by atoms with E-state index in [1.54, 1.807) is 17.0 Å². The number of carbonyl (C=O) groups excluding carboxylic acids is 2. The maximum Gasteiger partial charge on any atom is 0.290 e. The summed E-state index contributed by atoms with van der Waals surface area (Å²) in [5.74, 6) is 0.0818. The first-order chi connectivity index (χ1) is 13.2. The molecule has 1 fully saturated rings. The highest BCUT2D eigenvalue weighted by molar-refractivity contribution is 5.96. The summed E-state index contributed by atoms with van der Waals surface area (Å²) in [6, 6.07) is 11.2. The Labute approximate surface area is 171 Å². The van der Waals surface area contributed by atoms with E-state index in [-0.39, 0.29) is 30.0 Å². The topological polar surface area (TPSA) is 65.8 Å². The normalized spacial score (nSPS) is 21.6. The molecule has 3 heterocycles. The van der Waals surface area contributed by atoms with Crippen LogP contribution in [0.1, 0.15) is 34.5 Å². The van der Waals surface area contributed by atoms with Crippen molar-refractivity contribution in [1.29, 1.82) is 0 Å². The lowest BCUT2D eigenvalue weighted by atomic mass is 9.92. The molecule has 0 saturated carbocycles. The maximum atomic E-state index is 13.4. The number of carbonyl (C=O) groups is 2. The van der Waals surface area contributed by atoms with Crippen LogP contribution in [-0.2, 0) is 17.8 Å². The van der Waals surface area contributed by atoms with Gasteiger partial charge >= 0.3 is 0 Å². The molecule has 1 saturated heterocycles. The molecule has 2 aliphatic heterocycles. The summed E-state index contributed by atoms with van der Waals surface area (Å²) < 4.78 is 5.32. The molecule has 0 bridgehead atoms. The fourth-order valence-electron chi connectivity index (χ4n) is 4.12. The highest BCUT2D eigenvalue weighted by atomic mass is 35.5. The van der Waals surface area contributed by atoms with Crippen molar-refractivity contribution in [3.05, 3.63) is 59.5 Å². The molecule has 28 heavy (non-hydrogen) atoms. The van der Waals surface area contributed by atoms with Crippen molar-refractivity contribution in [2.75, 3.05) is 20.1 Å². The largest absolute Gasteiger partial charge is 0.459 e. The third-order valence-corrected chi connectivity index (χ3v) is 5.67. The highest BCUT2D eigenvalue weighted by Gasteiger charge is 2.38. The van der Waals surface area contributed by atoms with Gasteiger partial charge in [0, 0.05) is 32.1 Å². The first kappa shape index (κ1) is 20.4. The third-order valence-electron chi connectivity index (χ3n) is 5.67. The molecule has 6 nitrogen and oxygen atoms in total. The molecule has 1 N–H and O–H groups in total. The minimum Gasteiger partial charge on any atom is -0.459 e. The number of piperidine rings is 1. The number of fused-ring (bicyclic) bond motifs is 1. The van der Waals surface area contributed by atoms with Crippen LogP contribution in [0.3, 0.4) is 0 Å². The Morgan fingerprint density at radius 3 is 2.64 bits per heavy atom. The highest BCUT2D eigenvalue weighted by Crippen LogP contribution is 2.27. The Bertz CT molecular complexity index is 824. The quantitative estimate of drug-likeness (QED) is 0.855. The SMILES string of the molecule is CNC1CCCN(C(=O)C2Cc3ccccc3CN2C(=O)c2ccco2)C1.Cl. The Kier molecular flexibility index (Phi) is 6.42. The van der Waals surface area contributed by atoms with Gasteiger partial charge in [-0.25, -0.2) is 0 Å². The van der Waals surface area contributed by atoms with E-state index in [0.29, 0.717) is 25.6 Å². The van der Waals surface area contributed by atoms with Crippen molar-refractivity contribution in [3.63, 3.8) is 0 Å². The first-order valence-corrected chi connectivity index (χ1v) is 9.54. The minimum absolute atomic E-state index is 0. The number of rotatable bonds is 3. The molecule has 2 unspecified atom stereocenters. The molecule has 150 valence electrons. The molecular weight excluding hydrogens is 378 g/mol. The second-order valence-electron chi connectivity index (χ2n) is 7.31. The van der Waals surface area contributed by atoms with Crippen molar-refractivity contribution < 1.29 is 14.0 Å². The summed E-state index contributed by atoms with van der Waals surface area (Å²) in [6.45, 7) is 1.86. The number of furan rings is 1. The van der Waals surface area contributed by atoms with Gasteiger partial charge in [0.05, 0.1) is 6.26 Å². The van der Waals surface area contributed by atoms with Crippen LogP contribution in [0.5, 0.6) is 0 Å². The van der Waals surface area contributed by atoms with Gasteiger partial charge in [-0.1, -0.05) is 24.3 Å². The predicted octanol–water partition coefficient (Wildman–Crippen LogP) is 2.48. The Balaban J connectivity index is 0.00000225. The number of nitrogens with zero attached hydrogens (tertiary/aromatic N) is 2. The minimum atomic E-state index is -0.492. The Hall–Kier alpha value is -2.31.